The summed E-state index contributed by atoms with van der Waals surface area (Å²) in [7, 11) is 2.56. The lowest BCUT2D eigenvalue weighted by molar-refractivity contribution is -0.137. The second-order valence-electron chi connectivity index (χ2n) is 6.09. The quantitative estimate of drug-likeness (QED) is 0.590. The summed E-state index contributed by atoms with van der Waals surface area (Å²) < 4.78 is 14.8. The molecule has 2 N–H and O–H groups in total. The summed E-state index contributed by atoms with van der Waals surface area (Å²) in [6.07, 6.45) is -0.593. The van der Waals surface area contributed by atoms with Crippen molar-refractivity contribution in [2.24, 2.45) is 0 Å². The summed E-state index contributed by atoms with van der Waals surface area (Å²) in [6, 6.07) is 6.84. The summed E-state index contributed by atoms with van der Waals surface area (Å²) in [5.41, 5.74) is 2.83. The molecule has 0 atom stereocenters. The van der Waals surface area contributed by atoms with Crippen LogP contribution in [-0.2, 0) is 23.8 Å². The minimum absolute atomic E-state index is 0.239. The van der Waals surface area contributed by atoms with Crippen LogP contribution in [0.25, 0.3) is 0 Å². The highest BCUT2D eigenvalue weighted by molar-refractivity contribution is 6.00. The van der Waals surface area contributed by atoms with Gasteiger partial charge in [0.15, 0.2) is 0 Å². The number of carbonyl (C=O) groups excluding carboxylic acids is 3. The van der Waals surface area contributed by atoms with Gasteiger partial charge in [0.2, 0.25) is 0 Å². The third-order valence-corrected chi connectivity index (χ3v) is 4.31. The third-order valence-electron chi connectivity index (χ3n) is 4.31. The van der Waals surface area contributed by atoms with Gasteiger partial charge in [0.1, 0.15) is 0 Å². The number of hydrogen-bond donors (Lipinski definition) is 2. The Morgan fingerprint density at radius 1 is 1.04 bits per heavy atom. The molecule has 0 unspecified atom stereocenters. The van der Waals surface area contributed by atoms with E-state index >= 15 is 0 Å². The fourth-order valence-corrected chi connectivity index (χ4v) is 3.17. The Bertz CT molecular complexity index is 818. The fraction of sp³-hybridized carbons (Fsp3) is 0.350. The smallest absolute Gasteiger partial charge is 0.411 e. The largest absolute Gasteiger partial charge is 0.466 e. The van der Waals surface area contributed by atoms with Crippen LogP contribution in [0.3, 0.4) is 0 Å². The first-order chi connectivity index (χ1) is 13.3. The number of nitrogens with one attached hydrogen (secondary N) is 2. The highest BCUT2D eigenvalue weighted by atomic mass is 16.5. The fourth-order valence-electron chi connectivity index (χ4n) is 3.17. The van der Waals surface area contributed by atoms with Crippen molar-refractivity contribution in [2.45, 2.75) is 26.7 Å². The van der Waals surface area contributed by atoms with Crippen molar-refractivity contribution in [3.8, 4) is 0 Å². The van der Waals surface area contributed by atoms with Crippen molar-refractivity contribution in [1.29, 1.82) is 0 Å². The van der Waals surface area contributed by atoms with Gasteiger partial charge >= 0.3 is 18.0 Å². The molecule has 1 aliphatic heterocycles. The van der Waals surface area contributed by atoms with Crippen LogP contribution in [-0.4, -0.2) is 38.9 Å². The Hall–Kier alpha value is -3.29. The maximum Gasteiger partial charge on any atom is 0.411 e. The van der Waals surface area contributed by atoms with Crippen LogP contribution < -0.4 is 10.6 Å². The van der Waals surface area contributed by atoms with E-state index in [2.05, 4.69) is 10.6 Å². The van der Waals surface area contributed by atoms with Crippen LogP contribution in [0.1, 0.15) is 32.3 Å². The molecule has 0 spiro atoms. The molecule has 0 radical (unpaired) electrons. The number of anilines is 1. The Morgan fingerprint density at radius 3 is 2.11 bits per heavy atom. The minimum atomic E-state index is -0.718. The van der Waals surface area contributed by atoms with E-state index in [-0.39, 0.29) is 6.61 Å². The SMILES string of the molecule is CCOC(=O)Nc1cccc(C2C(C(=O)OC)=C(C)NC(C)=C2C(=O)OC)c1. The molecule has 0 aliphatic carbocycles. The molecule has 0 saturated carbocycles. The maximum absolute atomic E-state index is 12.5. The highest BCUT2D eigenvalue weighted by Crippen LogP contribution is 2.39. The van der Waals surface area contributed by atoms with Crippen LogP contribution >= 0.6 is 0 Å². The van der Waals surface area contributed by atoms with Crippen molar-refractivity contribution in [2.75, 3.05) is 26.1 Å². The standard InChI is InChI=1S/C20H24N2O6/c1-6-28-20(25)22-14-9-7-8-13(10-14)17-15(18(23)26-4)11(2)21-12(3)16(17)19(24)27-5/h7-10,17,21H,6H2,1-5H3,(H,22,25). The Balaban J connectivity index is 2.58. The second-order valence-corrected chi connectivity index (χ2v) is 6.09. The molecular weight excluding hydrogens is 364 g/mol. The maximum atomic E-state index is 12.5. The van der Waals surface area contributed by atoms with Crippen molar-refractivity contribution < 1.29 is 28.6 Å². The van der Waals surface area contributed by atoms with E-state index in [0.717, 1.165) is 0 Å². The number of benzene rings is 1. The van der Waals surface area contributed by atoms with Gasteiger partial charge in [-0.3, -0.25) is 5.32 Å². The summed E-state index contributed by atoms with van der Waals surface area (Å²) in [4.78, 5) is 36.7. The van der Waals surface area contributed by atoms with E-state index in [1.165, 1.54) is 14.2 Å². The van der Waals surface area contributed by atoms with Gasteiger partial charge in [-0.2, -0.15) is 0 Å². The van der Waals surface area contributed by atoms with Crippen LogP contribution in [0.4, 0.5) is 10.5 Å². The van der Waals surface area contributed by atoms with Crippen LogP contribution in [0.2, 0.25) is 0 Å². The number of amides is 1. The van der Waals surface area contributed by atoms with E-state index in [1.54, 1.807) is 45.0 Å². The summed E-state index contributed by atoms with van der Waals surface area (Å²) in [6.45, 7) is 5.41. The van der Waals surface area contributed by atoms with Gasteiger partial charge in [0, 0.05) is 17.1 Å². The molecule has 1 aliphatic rings. The molecule has 150 valence electrons. The second kappa shape index (κ2) is 9.07. The predicted octanol–water partition coefficient (Wildman–Crippen LogP) is 2.84. The zero-order valence-electron chi connectivity index (χ0n) is 16.5. The first kappa shape index (κ1) is 21.0. The number of hydrogen-bond acceptors (Lipinski definition) is 7. The molecular formula is C20H24N2O6. The Labute approximate surface area is 163 Å². The van der Waals surface area contributed by atoms with E-state index in [0.29, 0.717) is 33.8 Å². The molecule has 0 aromatic heterocycles. The number of esters is 2. The molecule has 0 fully saturated rings. The molecule has 28 heavy (non-hydrogen) atoms. The van der Waals surface area contributed by atoms with Crippen LogP contribution in [0.15, 0.2) is 46.8 Å². The molecule has 1 heterocycles. The van der Waals surface area contributed by atoms with Crippen LogP contribution in [0.5, 0.6) is 0 Å². The van der Waals surface area contributed by atoms with Gasteiger partial charge in [-0.25, -0.2) is 14.4 Å². The predicted molar refractivity (Wildman–Crippen MR) is 102 cm³/mol. The Kier molecular flexibility index (Phi) is 6.81. The number of allylic oxidation sites excluding steroid dienone is 2. The summed E-state index contributed by atoms with van der Waals surface area (Å²) >= 11 is 0. The number of rotatable bonds is 5. The van der Waals surface area contributed by atoms with Crippen molar-refractivity contribution in [3.05, 3.63) is 52.4 Å². The lowest BCUT2D eigenvalue weighted by Gasteiger charge is -2.30. The first-order valence-corrected chi connectivity index (χ1v) is 8.72. The van der Waals surface area contributed by atoms with Crippen molar-refractivity contribution in [1.82, 2.24) is 5.32 Å². The number of carbonyl (C=O) groups is 3. The number of ether oxygens (including phenoxy) is 3. The Morgan fingerprint density at radius 2 is 1.61 bits per heavy atom. The molecule has 1 aromatic rings. The molecule has 1 aromatic carbocycles. The van der Waals surface area contributed by atoms with Gasteiger partial charge in [0.05, 0.1) is 37.9 Å². The molecule has 8 heteroatoms. The minimum Gasteiger partial charge on any atom is -0.466 e. The average molecular weight is 388 g/mol. The zero-order chi connectivity index (χ0) is 20.8. The number of dihydropyridines is 1. The topological polar surface area (TPSA) is 103 Å². The van der Waals surface area contributed by atoms with Gasteiger partial charge in [-0.05, 0) is 38.5 Å². The summed E-state index contributed by atoms with van der Waals surface area (Å²) in [5.74, 6) is -1.84. The van der Waals surface area contributed by atoms with Gasteiger partial charge in [-0.1, -0.05) is 12.1 Å². The average Bonchev–Trinajstić information content (AvgIpc) is 2.66. The lowest BCUT2D eigenvalue weighted by Crippen LogP contribution is -2.32. The number of methoxy groups -OCH3 is 2. The van der Waals surface area contributed by atoms with Crippen LogP contribution in [0, 0.1) is 0 Å². The van der Waals surface area contributed by atoms with Crippen molar-refractivity contribution >= 4 is 23.7 Å². The molecule has 2 rings (SSSR count). The van der Waals surface area contributed by atoms with E-state index in [9.17, 15) is 14.4 Å². The third kappa shape index (κ3) is 4.33. The van der Waals surface area contributed by atoms with E-state index in [1.807, 2.05) is 0 Å². The molecule has 0 bridgehead atoms. The van der Waals surface area contributed by atoms with Gasteiger partial charge in [-0.15, -0.1) is 0 Å². The molecule has 0 saturated heterocycles. The monoisotopic (exact) mass is 388 g/mol. The molecule has 8 nitrogen and oxygen atoms in total. The summed E-state index contributed by atoms with van der Waals surface area (Å²) in [5, 5.41) is 5.66. The lowest BCUT2D eigenvalue weighted by atomic mass is 9.80. The zero-order valence-corrected chi connectivity index (χ0v) is 16.5. The van der Waals surface area contributed by atoms with E-state index < -0.39 is 23.9 Å². The normalized spacial score (nSPS) is 14.3. The van der Waals surface area contributed by atoms with Gasteiger partial charge < -0.3 is 19.5 Å². The van der Waals surface area contributed by atoms with Crippen molar-refractivity contribution in [3.63, 3.8) is 0 Å². The first-order valence-electron chi connectivity index (χ1n) is 8.72. The highest BCUT2D eigenvalue weighted by Gasteiger charge is 2.37. The van der Waals surface area contributed by atoms with Gasteiger partial charge in [0.25, 0.3) is 0 Å². The molecule has 1 amide bonds. The van der Waals surface area contributed by atoms with E-state index in [4.69, 9.17) is 14.2 Å².